The van der Waals surface area contributed by atoms with Crippen LogP contribution < -0.4 is 0 Å². The summed E-state index contributed by atoms with van der Waals surface area (Å²) in [6, 6.07) is 10.8. The predicted octanol–water partition coefficient (Wildman–Crippen LogP) is 4.06. The Labute approximate surface area is 147 Å². The van der Waals surface area contributed by atoms with E-state index in [0.29, 0.717) is 5.69 Å². The average Bonchev–Trinajstić information content (AvgIpc) is 3.08. The number of hydrogen-bond acceptors (Lipinski definition) is 4. The summed E-state index contributed by atoms with van der Waals surface area (Å²) in [5, 5.41) is 20.3. The fraction of sp³-hybridized carbons (Fsp3) is 0.200. The van der Waals surface area contributed by atoms with Crippen LogP contribution in [0.4, 0.5) is 5.69 Å². The van der Waals surface area contributed by atoms with Gasteiger partial charge < -0.3 is 0 Å². The standard InChI is InChI=1S/C15H13Cl2N5O2/c1-9-8-10(2)20(18-9)15-13(22(23)24)12(14(16)17)21(19-15)11-6-4-3-5-7-11/h3-8,14H,1-2H3. The predicted molar refractivity (Wildman–Crippen MR) is 91.3 cm³/mol. The van der Waals surface area contributed by atoms with Gasteiger partial charge in [-0.05, 0) is 32.0 Å². The molecule has 124 valence electrons. The minimum Gasteiger partial charge on any atom is -0.258 e. The van der Waals surface area contributed by atoms with E-state index in [2.05, 4.69) is 10.2 Å². The van der Waals surface area contributed by atoms with Crippen molar-refractivity contribution < 1.29 is 4.92 Å². The zero-order chi connectivity index (χ0) is 17.4. The first-order valence-corrected chi connectivity index (χ1v) is 7.92. The molecule has 9 heteroatoms. The maximum Gasteiger partial charge on any atom is 0.339 e. The molecule has 0 spiro atoms. The third-order valence-corrected chi connectivity index (χ3v) is 3.89. The number of nitrogens with zero attached hydrogens (tertiary/aromatic N) is 5. The summed E-state index contributed by atoms with van der Waals surface area (Å²) in [6.45, 7) is 3.60. The van der Waals surface area contributed by atoms with Crippen molar-refractivity contribution >= 4 is 28.9 Å². The van der Waals surface area contributed by atoms with Crippen molar-refractivity contribution in [3.8, 4) is 11.5 Å². The molecule has 0 amide bonds. The van der Waals surface area contributed by atoms with Crippen LogP contribution in [0.5, 0.6) is 0 Å². The molecular weight excluding hydrogens is 353 g/mol. The van der Waals surface area contributed by atoms with Crippen LogP contribution in [0.1, 0.15) is 21.9 Å². The van der Waals surface area contributed by atoms with E-state index in [0.717, 1.165) is 11.4 Å². The molecule has 0 atom stereocenters. The van der Waals surface area contributed by atoms with E-state index in [-0.39, 0.29) is 17.2 Å². The van der Waals surface area contributed by atoms with Crippen molar-refractivity contribution in [1.82, 2.24) is 19.6 Å². The molecule has 0 unspecified atom stereocenters. The highest BCUT2D eigenvalue weighted by atomic mass is 35.5. The Kier molecular flexibility index (Phi) is 4.29. The molecular formula is C15H13Cl2N5O2. The lowest BCUT2D eigenvalue weighted by atomic mass is 10.3. The van der Waals surface area contributed by atoms with E-state index >= 15 is 0 Å². The molecule has 1 aromatic carbocycles. The molecule has 7 nitrogen and oxygen atoms in total. The van der Waals surface area contributed by atoms with E-state index < -0.39 is 9.76 Å². The van der Waals surface area contributed by atoms with Crippen LogP contribution in [-0.2, 0) is 0 Å². The van der Waals surface area contributed by atoms with Crippen molar-refractivity contribution in [3.63, 3.8) is 0 Å². The second kappa shape index (κ2) is 6.26. The summed E-state index contributed by atoms with van der Waals surface area (Å²) in [4.78, 5) is 10.0. The number of nitro groups is 1. The summed E-state index contributed by atoms with van der Waals surface area (Å²) in [6.07, 6.45) is 0. The monoisotopic (exact) mass is 365 g/mol. The summed E-state index contributed by atoms with van der Waals surface area (Å²) in [5.41, 5.74) is 1.90. The number of aryl methyl sites for hydroxylation is 2. The van der Waals surface area contributed by atoms with Crippen LogP contribution in [0, 0.1) is 24.0 Å². The Balaban J connectivity index is 2.34. The van der Waals surface area contributed by atoms with Crippen molar-refractivity contribution in [3.05, 3.63) is 63.6 Å². The highest BCUT2D eigenvalue weighted by Crippen LogP contribution is 2.38. The Bertz CT molecular complexity index is 902. The van der Waals surface area contributed by atoms with Crippen molar-refractivity contribution in [2.45, 2.75) is 18.7 Å². The second-order valence-electron chi connectivity index (χ2n) is 5.20. The summed E-state index contributed by atoms with van der Waals surface area (Å²) < 4.78 is 2.81. The van der Waals surface area contributed by atoms with Crippen LogP contribution in [0.15, 0.2) is 36.4 Å². The molecule has 0 aliphatic heterocycles. The first-order chi connectivity index (χ1) is 11.4. The highest BCUT2D eigenvalue weighted by molar-refractivity contribution is 6.44. The molecule has 0 fully saturated rings. The zero-order valence-corrected chi connectivity index (χ0v) is 14.4. The van der Waals surface area contributed by atoms with Gasteiger partial charge in [-0.1, -0.05) is 41.4 Å². The largest absolute Gasteiger partial charge is 0.339 e. The molecule has 0 aliphatic carbocycles. The van der Waals surface area contributed by atoms with Gasteiger partial charge >= 0.3 is 5.69 Å². The molecule has 3 aromatic rings. The van der Waals surface area contributed by atoms with Gasteiger partial charge in [0, 0.05) is 5.69 Å². The summed E-state index contributed by atoms with van der Waals surface area (Å²) in [7, 11) is 0. The first-order valence-electron chi connectivity index (χ1n) is 7.04. The Morgan fingerprint density at radius 3 is 2.29 bits per heavy atom. The van der Waals surface area contributed by atoms with E-state index in [4.69, 9.17) is 23.2 Å². The Morgan fingerprint density at radius 2 is 1.79 bits per heavy atom. The average molecular weight is 366 g/mol. The molecule has 0 saturated carbocycles. The van der Waals surface area contributed by atoms with Gasteiger partial charge in [0.25, 0.3) is 5.82 Å². The fourth-order valence-corrected chi connectivity index (χ4v) is 2.93. The van der Waals surface area contributed by atoms with Gasteiger partial charge in [-0.25, -0.2) is 9.36 Å². The van der Waals surface area contributed by atoms with Crippen molar-refractivity contribution in [1.29, 1.82) is 0 Å². The van der Waals surface area contributed by atoms with Gasteiger partial charge in [0.05, 0.1) is 16.3 Å². The Hall–Kier alpha value is -2.38. The minimum absolute atomic E-state index is 0.0794. The van der Waals surface area contributed by atoms with Gasteiger partial charge in [-0.3, -0.25) is 10.1 Å². The van der Waals surface area contributed by atoms with Crippen molar-refractivity contribution in [2.75, 3.05) is 0 Å². The lowest BCUT2D eigenvalue weighted by Crippen LogP contribution is -2.04. The number of alkyl halides is 2. The van der Waals surface area contributed by atoms with E-state index in [1.165, 1.54) is 9.36 Å². The topological polar surface area (TPSA) is 78.8 Å². The van der Waals surface area contributed by atoms with Gasteiger partial charge in [-0.15, -0.1) is 5.10 Å². The van der Waals surface area contributed by atoms with Crippen LogP contribution in [0.2, 0.25) is 0 Å². The number of aromatic nitrogens is 4. The first kappa shape index (κ1) is 16.5. The molecule has 3 rings (SSSR count). The number of hydrogen-bond donors (Lipinski definition) is 0. The van der Waals surface area contributed by atoms with Crippen molar-refractivity contribution in [2.24, 2.45) is 0 Å². The molecule has 24 heavy (non-hydrogen) atoms. The van der Waals surface area contributed by atoms with Gasteiger partial charge in [0.1, 0.15) is 0 Å². The molecule has 0 radical (unpaired) electrons. The summed E-state index contributed by atoms with van der Waals surface area (Å²) in [5.74, 6) is 0.0794. The smallest absolute Gasteiger partial charge is 0.258 e. The number of rotatable bonds is 4. The molecule has 0 aliphatic rings. The molecule has 0 bridgehead atoms. The van der Waals surface area contributed by atoms with Gasteiger partial charge in [-0.2, -0.15) is 5.10 Å². The number of benzene rings is 1. The number of halogens is 2. The van der Waals surface area contributed by atoms with Crippen LogP contribution in [0.3, 0.4) is 0 Å². The third-order valence-electron chi connectivity index (χ3n) is 3.48. The van der Waals surface area contributed by atoms with E-state index in [1.807, 2.05) is 12.1 Å². The maximum atomic E-state index is 11.7. The second-order valence-corrected chi connectivity index (χ2v) is 6.30. The quantitative estimate of drug-likeness (QED) is 0.396. The molecule has 0 N–H and O–H groups in total. The lowest BCUT2D eigenvalue weighted by molar-refractivity contribution is -0.385. The third kappa shape index (κ3) is 2.76. The maximum absolute atomic E-state index is 11.7. The van der Waals surface area contributed by atoms with Crippen LogP contribution >= 0.6 is 23.2 Å². The number of para-hydroxylation sites is 1. The molecule has 0 saturated heterocycles. The minimum atomic E-state index is -1.12. The highest BCUT2D eigenvalue weighted by Gasteiger charge is 2.34. The van der Waals surface area contributed by atoms with Gasteiger partial charge in [0.2, 0.25) is 0 Å². The van der Waals surface area contributed by atoms with E-state index in [9.17, 15) is 10.1 Å². The summed E-state index contributed by atoms with van der Waals surface area (Å²) >= 11 is 12.0. The van der Waals surface area contributed by atoms with E-state index in [1.54, 1.807) is 38.1 Å². The Morgan fingerprint density at radius 1 is 1.12 bits per heavy atom. The molecule has 2 heterocycles. The normalized spacial score (nSPS) is 11.2. The van der Waals surface area contributed by atoms with Gasteiger partial charge in [0.15, 0.2) is 10.5 Å². The SMILES string of the molecule is Cc1cc(C)n(-c2nn(-c3ccccc3)c(C(Cl)Cl)c2[N+](=O)[O-])n1. The molecule has 2 aromatic heterocycles. The zero-order valence-electron chi connectivity index (χ0n) is 12.8. The lowest BCUT2D eigenvalue weighted by Gasteiger charge is -2.06. The van der Waals surface area contributed by atoms with Crippen LogP contribution in [0.25, 0.3) is 11.5 Å². The fourth-order valence-electron chi connectivity index (χ4n) is 2.53. The van der Waals surface area contributed by atoms with Crippen LogP contribution in [-0.4, -0.2) is 24.5 Å².